The van der Waals surface area contributed by atoms with Gasteiger partial charge in [0.05, 0.1) is 17.1 Å². The Kier molecular flexibility index (Phi) is 6.66. The van der Waals surface area contributed by atoms with Gasteiger partial charge < -0.3 is 10.1 Å². The first-order valence-corrected chi connectivity index (χ1v) is 10.7. The van der Waals surface area contributed by atoms with Crippen LogP contribution in [0.3, 0.4) is 0 Å². The van der Waals surface area contributed by atoms with Crippen LogP contribution in [0.15, 0.2) is 77.7 Å². The van der Waals surface area contributed by atoms with Crippen LogP contribution in [0.25, 0.3) is 0 Å². The van der Waals surface area contributed by atoms with Crippen LogP contribution in [-0.2, 0) is 14.8 Å². The average molecular weight is 442 g/mol. The molecule has 0 aliphatic rings. The lowest BCUT2D eigenvalue weighted by Crippen LogP contribution is -2.16. The van der Waals surface area contributed by atoms with Crippen molar-refractivity contribution < 1.29 is 27.1 Å². The van der Waals surface area contributed by atoms with E-state index in [9.17, 15) is 22.4 Å². The smallest absolute Gasteiger partial charge is 0.338 e. The first kappa shape index (κ1) is 22.0. The molecule has 0 aromatic heterocycles. The van der Waals surface area contributed by atoms with Gasteiger partial charge in [-0.15, -0.1) is 0 Å². The number of esters is 1. The van der Waals surface area contributed by atoms with Gasteiger partial charge in [0.25, 0.3) is 15.9 Å². The number of sulfonamides is 1. The highest BCUT2D eigenvalue weighted by Gasteiger charge is 2.17. The first-order valence-electron chi connectivity index (χ1n) is 9.25. The maximum absolute atomic E-state index is 13.0. The molecular weight excluding hydrogens is 423 g/mol. The van der Waals surface area contributed by atoms with E-state index in [0.717, 1.165) is 12.1 Å². The Bertz CT molecular complexity index is 1190. The van der Waals surface area contributed by atoms with Crippen molar-refractivity contribution in [2.45, 2.75) is 11.8 Å². The van der Waals surface area contributed by atoms with E-state index in [1.165, 1.54) is 48.5 Å². The minimum absolute atomic E-state index is 0.122. The fourth-order valence-corrected chi connectivity index (χ4v) is 3.75. The minimum atomic E-state index is -3.98. The van der Waals surface area contributed by atoms with Crippen molar-refractivity contribution in [3.8, 4) is 0 Å². The summed E-state index contributed by atoms with van der Waals surface area (Å²) in [5.74, 6) is -1.48. The number of rotatable bonds is 7. The second kappa shape index (κ2) is 9.40. The quantitative estimate of drug-likeness (QED) is 0.538. The number of ether oxygens (including phenoxy) is 1. The highest BCUT2D eigenvalue weighted by molar-refractivity contribution is 7.92. The topological polar surface area (TPSA) is 102 Å². The van der Waals surface area contributed by atoms with Gasteiger partial charge in [-0.1, -0.05) is 6.07 Å². The van der Waals surface area contributed by atoms with Crippen LogP contribution in [-0.4, -0.2) is 26.9 Å². The molecule has 7 nitrogen and oxygen atoms in total. The molecular formula is C22H19FN2O5S. The SMILES string of the molecule is CCOC(=O)c1ccc(NC(=O)c2cccc(S(=O)(=O)Nc3ccc(F)cc3)c2)cc1. The fourth-order valence-electron chi connectivity index (χ4n) is 2.64. The highest BCUT2D eigenvalue weighted by Crippen LogP contribution is 2.19. The molecule has 0 bridgehead atoms. The molecule has 3 aromatic rings. The number of hydrogen-bond donors (Lipinski definition) is 2. The summed E-state index contributed by atoms with van der Waals surface area (Å²) in [6.45, 7) is 1.96. The summed E-state index contributed by atoms with van der Waals surface area (Å²) in [7, 11) is -3.98. The van der Waals surface area contributed by atoms with E-state index in [1.807, 2.05) is 0 Å². The Labute approximate surface area is 178 Å². The maximum atomic E-state index is 13.0. The largest absolute Gasteiger partial charge is 0.462 e. The molecule has 1 amide bonds. The third kappa shape index (κ3) is 5.67. The van der Waals surface area contributed by atoms with Crippen molar-refractivity contribution in [3.63, 3.8) is 0 Å². The van der Waals surface area contributed by atoms with Gasteiger partial charge in [-0.3, -0.25) is 9.52 Å². The summed E-state index contributed by atoms with van der Waals surface area (Å²) in [6.07, 6.45) is 0. The zero-order valence-corrected chi connectivity index (χ0v) is 17.3. The molecule has 3 rings (SSSR count). The van der Waals surface area contributed by atoms with E-state index in [0.29, 0.717) is 11.3 Å². The highest BCUT2D eigenvalue weighted by atomic mass is 32.2. The summed E-state index contributed by atoms with van der Waals surface area (Å²) < 4.78 is 45.4. The zero-order valence-electron chi connectivity index (χ0n) is 16.5. The number of hydrogen-bond acceptors (Lipinski definition) is 5. The molecule has 160 valence electrons. The zero-order chi connectivity index (χ0) is 22.4. The second-order valence-electron chi connectivity index (χ2n) is 6.39. The van der Waals surface area contributed by atoms with Crippen LogP contribution in [0.2, 0.25) is 0 Å². The molecule has 0 radical (unpaired) electrons. The predicted octanol–water partition coefficient (Wildman–Crippen LogP) is 4.06. The Morgan fingerprint density at radius 2 is 1.55 bits per heavy atom. The molecule has 0 saturated carbocycles. The van der Waals surface area contributed by atoms with Crippen LogP contribution in [0.1, 0.15) is 27.6 Å². The summed E-state index contributed by atoms with van der Waals surface area (Å²) in [5.41, 5.74) is 1.09. The number of benzene rings is 3. The number of amides is 1. The molecule has 0 heterocycles. The van der Waals surface area contributed by atoms with Crippen LogP contribution < -0.4 is 10.0 Å². The number of halogens is 1. The predicted molar refractivity (Wildman–Crippen MR) is 114 cm³/mol. The van der Waals surface area contributed by atoms with Gasteiger partial charge in [0.1, 0.15) is 5.82 Å². The van der Waals surface area contributed by atoms with Gasteiger partial charge in [-0.05, 0) is 73.7 Å². The molecule has 0 aliphatic carbocycles. The minimum Gasteiger partial charge on any atom is -0.462 e. The van der Waals surface area contributed by atoms with E-state index >= 15 is 0 Å². The van der Waals surface area contributed by atoms with E-state index in [-0.39, 0.29) is 22.8 Å². The second-order valence-corrected chi connectivity index (χ2v) is 8.07. The van der Waals surface area contributed by atoms with E-state index < -0.39 is 27.7 Å². The average Bonchev–Trinajstić information content (AvgIpc) is 2.76. The summed E-state index contributed by atoms with van der Waals surface area (Å²) in [6, 6.07) is 16.5. The van der Waals surface area contributed by atoms with Gasteiger partial charge >= 0.3 is 5.97 Å². The molecule has 0 aliphatic heterocycles. The van der Waals surface area contributed by atoms with Crippen LogP contribution >= 0.6 is 0 Å². The molecule has 0 fully saturated rings. The summed E-state index contributed by atoms with van der Waals surface area (Å²) >= 11 is 0. The molecule has 9 heteroatoms. The fraction of sp³-hybridized carbons (Fsp3) is 0.0909. The van der Waals surface area contributed by atoms with Crippen molar-refractivity contribution in [1.29, 1.82) is 0 Å². The molecule has 31 heavy (non-hydrogen) atoms. The molecule has 0 atom stereocenters. The Morgan fingerprint density at radius 1 is 0.903 bits per heavy atom. The molecule has 2 N–H and O–H groups in total. The lowest BCUT2D eigenvalue weighted by molar-refractivity contribution is 0.0526. The van der Waals surface area contributed by atoms with E-state index in [4.69, 9.17) is 4.74 Å². The monoisotopic (exact) mass is 442 g/mol. The number of nitrogens with one attached hydrogen (secondary N) is 2. The summed E-state index contributed by atoms with van der Waals surface area (Å²) in [5, 5.41) is 2.64. The van der Waals surface area contributed by atoms with Crippen molar-refractivity contribution in [2.24, 2.45) is 0 Å². The normalized spacial score (nSPS) is 10.9. The molecule has 0 unspecified atom stereocenters. The van der Waals surface area contributed by atoms with E-state index in [2.05, 4.69) is 10.0 Å². The lowest BCUT2D eigenvalue weighted by atomic mass is 10.2. The molecule has 0 spiro atoms. The number of anilines is 2. The molecule has 0 saturated heterocycles. The maximum Gasteiger partial charge on any atom is 0.338 e. The Hall–Kier alpha value is -3.72. The van der Waals surface area contributed by atoms with E-state index in [1.54, 1.807) is 19.1 Å². The molecule has 3 aromatic carbocycles. The van der Waals surface area contributed by atoms with Gasteiger partial charge in [0.15, 0.2) is 0 Å². The standard InChI is InChI=1S/C22H19FN2O5S/c1-2-30-22(27)15-6-10-18(11-7-15)24-21(26)16-4-3-5-20(14-16)31(28,29)25-19-12-8-17(23)9-13-19/h3-14,25H,2H2,1H3,(H,24,26). The van der Waals surface area contributed by atoms with Gasteiger partial charge in [0, 0.05) is 16.9 Å². The Balaban J connectivity index is 1.73. The van der Waals surface area contributed by atoms with Gasteiger partial charge in [-0.2, -0.15) is 0 Å². The van der Waals surface area contributed by atoms with Crippen LogP contribution in [0, 0.1) is 5.82 Å². The Morgan fingerprint density at radius 3 is 2.19 bits per heavy atom. The van der Waals surface area contributed by atoms with Crippen LogP contribution in [0.5, 0.6) is 0 Å². The third-order valence-electron chi connectivity index (χ3n) is 4.16. The number of carbonyl (C=O) groups excluding carboxylic acids is 2. The van der Waals surface area contributed by atoms with Crippen molar-refractivity contribution in [2.75, 3.05) is 16.6 Å². The van der Waals surface area contributed by atoms with Crippen molar-refractivity contribution in [3.05, 3.63) is 89.7 Å². The first-order chi connectivity index (χ1) is 14.8. The van der Waals surface area contributed by atoms with Crippen molar-refractivity contribution >= 4 is 33.3 Å². The number of carbonyl (C=O) groups is 2. The van der Waals surface area contributed by atoms with Crippen molar-refractivity contribution in [1.82, 2.24) is 0 Å². The van der Waals surface area contributed by atoms with Gasteiger partial charge in [0.2, 0.25) is 0 Å². The van der Waals surface area contributed by atoms with Crippen LogP contribution in [0.4, 0.5) is 15.8 Å². The lowest BCUT2D eigenvalue weighted by Gasteiger charge is -2.10. The third-order valence-corrected chi connectivity index (χ3v) is 5.54. The summed E-state index contributed by atoms with van der Waals surface area (Å²) in [4.78, 5) is 24.1. The van der Waals surface area contributed by atoms with Gasteiger partial charge in [-0.25, -0.2) is 17.6 Å².